The summed E-state index contributed by atoms with van der Waals surface area (Å²) in [6.07, 6.45) is 2.67. The Labute approximate surface area is 97.3 Å². The minimum absolute atomic E-state index is 0.140. The van der Waals surface area contributed by atoms with Crippen molar-refractivity contribution in [3.63, 3.8) is 0 Å². The van der Waals surface area contributed by atoms with E-state index >= 15 is 0 Å². The maximum absolute atomic E-state index is 11.0. The Morgan fingerprint density at radius 2 is 2.44 bits per heavy atom. The molecule has 0 atom stereocenters. The number of methoxy groups -OCH3 is 1. The average molecular weight is 238 g/mol. The molecule has 1 aromatic heterocycles. The van der Waals surface area contributed by atoms with Gasteiger partial charge in [0.2, 0.25) is 0 Å². The van der Waals surface area contributed by atoms with Gasteiger partial charge in [0.15, 0.2) is 5.57 Å². The average Bonchev–Trinajstić information content (AvgIpc) is 2.31. The SMILES string of the molecule is COC(=O)/C(C#N)=C/Nc1ccc(Cl)cn1. The van der Waals surface area contributed by atoms with Crippen LogP contribution in [-0.2, 0) is 9.53 Å². The van der Waals surface area contributed by atoms with Gasteiger partial charge in [0, 0.05) is 12.4 Å². The molecule has 0 fully saturated rings. The molecule has 0 aliphatic rings. The number of esters is 1. The molecule has 0 aliphatic heterocycles. The fourth-order valence-corrected chi connectivity index (χ4v) is 0.966. The molecule has 0 aromatic carbocycles. The summed E-state index contributed by atoms with van der Waals surface area (Å²) in [5.74, 6) is -0.231. The van der Waals surface area contributed by atoms with Crippen LogP contribution < -0.4 is 5.32 Å². The zero-order valence-corrected chi connectivity index (χ0v) is 9.15. The number of aromatic nitrogens is 1. The molecule has 1 rings (SSSR count). The van der Waals surface area contributed by atoms with Gasteiger partial charge in [0.05, 0.1) is 12.1 Å². The number of rotatable bonds is 3. The number of halogens is 1. The van der Waals surface area contributed by atoms with E-state index in [1.54, 1.807) is 18.2 Å². The summed E-state index contributed by atoms with van der Waals surface area (Å²) in [6.45, 7) is 0. The second-order valence-corrected chi connectivity index (χ2v) is 3.10. The van der Waals surface area contributed by atoms with Crippen molar-refractivity contribution in [2.75, 3.05) is 12.4 Å². The number of carbonyl (C=O) groups excluding carboxylic acids is 1. The van der Waals surface area contributed by atoms with Crippen molar-refractivity contribution in [3.8, 4) is 6.07 Å². The van der Waals surface area contributed by atoms with Crippen LogP contribution in [-0.4, -0.2) is 18.1 Å². The maximum atomic E-state index is 11.0. The molecule has 1 N–H and O–H groups in total. The van der Waals surface area contributed by atoms with Gasteiger partial charge in [-0.1, -0.05) is 11.6 Å². The van der Waals surface area contributed by atoms with Crippen LogP contribution in [0, 0.1) is 11.3 Å². The molecule has 1 heterocycles. The highest BCUT2D eigenvalue weighted by atomic mass is 35.5. The number of anilines is 1. The molecule has 6 heteroatoms. The topological polar surface area (TPSA) is 75.0 Å². The predicted molar refractivity (Wildman–Crippen MR) is 58.6 cm³/mol. The van der Waals surface area contributed by atoms with Crippen LogP contribution in [0.25, 0.3) is 0 Å². The van der Waals surface area contributed by atoms with Crippen LogP contribution in [0.3, 0.4) is 0 Å². The molecule has 82 valence electrons. The Kier molecular flexibility index (Phi) is 4.30. The van der Waals surface area contributed by atoms with Gasteiger partial charge in [0.25, 0.3) is 0 Å². The van der Waals surface area contributed by atoms with E-state index in [1.807, 2.05) is 0 Å². The second-order valence-electron chi connectivity index (χ2n) is 2.67. The van der Waals surface area contributed by atoms with Gasteiger partial charge in [-0.3, -0.25) is 0 Å². The van der Waals surface area contributed by atoms with Crippen LogP contribution in [0.15, 0.2) is 30.1 Å². The van der Waals surface area contributed by atoms with Crippen molar-refractivity contribution in [2.24, 2.45) is 0 Å². The number of nitrogens with zero attached hydrogens (tertiary/aromatic N) is 2. The summed E-state index contributed by atoms with van der Waals surface area (Å²) < 4.78 is 4.40. The Hall–Kier alpha value is -2.06. The Morgan fingerprint density at radius 3 is 2.94 bits per heavy atom. The van der Waals surface area contributed by atoms with Crippen LogP contribution in [0.1, 0.15) is 0 Å². The van der Waals surface area contributed by atoms with Crippen LogP contribution in [0.2, 0.25) is 5.02 Å². The molecule has 0 aliphatic carbocycles. The van der Waals surface area contributed by atoms with Gasteiger partial charge in [-0.15, -0.1) is 0 Å². The maximum Gasteiger partial charge on any atom is 0.350 e. The summed E-state index contributed by atoms with van der Waals surface area (Å²) in [5.41, 5.74) is -0.140. The van der Waals surface area contributed by atoms with Crippen molar-refractivity contribution >= 4 is 23.4 Å². The third-order valence-corrected chi connectivity index (χ3v) is 1.84. The molecule has 1 aromatic rings. The number of ether oxygens (including phenoxy) is 1. The number of nitriles is 1. The lowest BCUT2D eigenvalue weighted by Crippen LogP contribution is -2.05. The lowest BCUT2D eigenvalue weighted by molar-refractivity contribution is -0.135. The van der Waals surface area contributed by atoms with Crippen LogP contribution in [0.4, 0.5) is 5.82 Å². The highest BCUT2D eigenvalue weighted by molar-refractivity contribution is 6.30. The van der Waals surface area contributed by atoms with E-state index in [2.05, 4.69) is 15.0 Å². The minimum Gasteiger partial charge on any atom is -0.465 e. The van der Waals surface area contributed by atoms with Gasteiger partial charge in [-0.05, 0) is 12.1 Å². The molecule has 0 spiro atoms. The van der Waals surface area contributed by atoms with Gasteiger partial charge < -0.3 is 10.1 Å². The summed E-state index contributed by atoms with van der Waals surface area (Å²) in [7, 11) is 1.20. The summed E-state index contributed by atoms with van der Waals surface area (Å²) in [4.78, 5) is 14.9. The molecular formula is C10H8ClN3O2. The Balaban J connectivity index is 2.75. The molecule has 5 nitrogen and oxygen atoms in total. The van der Waals surface area contributed by atoms with E-state index in [0.717, 1.165) is 0 Å². The monoisotopic (exact) mass is 237 g/mol. The number of nitrogens with one attached hydrogen (secondary N) is 1. The van der Waals surface area contributed by atoms with E-state index in [-0.39, 0.29) is 5.57 Å². The predicted octanol–water partition coefficient (Wildman–Crippen LogP) is 1.73. The molecular weight excluding hydrogens is 230 g/mol. The smallest absolute Gasteiger partial charge is 0.350 e. The number of pyridine rings is 1. The zero-order valence-electron chi connectivity index (χ0n) is 8.40. The lowest BCUT2D eigenvalue weighted by atomic mass is 10.3. The summed E-state index contributed by atoms with van der Waals surface area (Å²) >= 11 is 5.64. The molecule has 0 unspecified atom stereocenters. The minimum atomic E-state index is -0.705. The molecule has 0 amide bonds. The first-order valence-electron chi connectivity index (χ1n) is 4.24. The standard InChI is InChI=1S/C10H8ClN3O2/c1-16-10(15)7(4-12)5-13-9-3-2-8(11)6-14-9/h2-3,5-6H,1H3,(H,13,14)/b7-5+. The van der Waals surface area contributed by atoms with Crippen LogP contribution >= 0.6 is 11.6 Å². The van der Waals surface area contributed by atoms with Crippen LogP contribution in [0.5, 0.6) is 0 Å². The van der Waals surface area contributed by atoms with Crippen molar-refractivity contribution in [3.05, 3.63) is 35.1 Å². The molecule has 0 saturated heterocycles. The van der Waals surface area contributed by atoms with Gasteiger partial charge >= 0.3 is 5.97 Å². The van der Waals surface area contributed by atoms with Crippen molar-refractivity contribution in [1.82, 2.24) is 4.98 Å². The fraction of sp³-hybridized carbons (Fsp3) is 0.100. The third-order valence-electron chi connectivity index (χ3n) is 1.62. The highest BCUT2D eigenvalue weighted by Crippen LogP contribution is 2.09. The van der Waals surface area contributed by atoms with Crippen molar-refractivity contribution in [1.29, 1.82) is 5.26 Å². The Bertz CT molecular complexity index is 448. The highest BCUT2D eigenvalue weighted by Gasteiger charge is 2.07. The first-order valence-corrected chi connectivity index (χ1v) is 4.62. The number of hydrogen-bond donors (Lipinski definition) is 1. The summed E-state index contributed by atoms with van der Waals surface area (Å²) in [6, 6.07) is 4.95. The number of carbonyl (C=O) groups is 1. The third kappa shape index (κ3) is 3.26. The van der Waals surface area contributed by atoms with E-state index in [0.29, 0.717) is 10.8 Å². The quantitative estimate of drug-likeness (QED) is 0.492. The van der Waals surface area contributed by atoms with Gasteiger partial charge in [-0.25, -0.2) is 9.78 Å². The fourth-order valence-electron chi connectivity index (χ4n) is 0.854. The molecule has 0 bridgehead atoms. The second kappa shape index (κ2) is 5.73. The first kappa shape index (κ1) is 12.0. The Morgan fingerprint density at radius 1 is 1.69 bits per heavy atom. The van der Waals surface area contributed by atoms with E-state index in [4.69, 9.17) is 16.9 Å². The van der Waals surface area contributed by atoms with Crippen molar-refractivity contribution in [2.45, 2.75) is 0 Å². The van der Waals surface area contributed by atoms with Gasteiger partial charge in [-0.2, -0.15) is 5.26 Å². The largest absolute Gasteiger partial charge is 0.465 e. The van der Waals surface area contributed by atoms with Gasteiger partial charge in [0.1, 0.15) is 11.9 Å². The lowest BCUT2D eigenvalue weighted by Gasteiger charge is -2.00. The summed E-state index contributed by atoms with van der Waals surface area (Å²) in [5, 5.41) is 11.8. The normalized spacial score (nSPS) is 10.4. The molecule has 0 saturated carbocycles. The van der Waals surface area contributed by atoms with Crippen molar-refractivity contribution < 1.29 is 9.53 Å². The van der Waals surface area contributed by atoms with E-state index in [9.17, 15) is 4.79 Å². The number of hydrogen-bond acceptors (Lipinski definition) is 5. The first-order chi connectivity index (χ1) is 7.67. The molecule has 0 radical (unpaired) electrons. The zero-order chi connectivity index (χ0) is 12.0. The van der Waals surface area contributed by atoms with E-state index < -0.39 is 5.97 Å². The molecule has 16 heavy (non-hydrogen) atoms. The van der Waals surface area contributed by atoms with E-state index in [1.165, 1.54) is 19.5 Å².